The van der Waals surface area contributed by atoms with Crippen molar-refractivity contribution >= 4 is 11.9 Å². The van der Waals surface area contributed by atoms with E-state index < -0.39 is 12.0 Å². The Kier molecular flexibility index (Phi) is 6.92. The van der Waals surface area contributed by atoms with Crippen LogP contribution in [0, 0.1) is 6.92 Å². The van der Waals surface area contributed by atoms with Gasteiger partial charge in [0.2, 0.25) is 0 Å². The molecular weight excluding hydrogens is 328 g/mol. The van der Waals surface area contributed by atoms with Crippen LogP contribution in [0.5, 0.6) is 0 Å². The number of carboxylic acid groups (broad SMARTS) is 1. The Morgan fingerprint density at radius 1 is 1.12 bits per heavy atom. The molecule has 0 aliphatic carbocycles. The van der Waals surface area contributed by atoms with Crippen molar-refractivity contribution in [2.45, 2.75) is 32.7 Å². The first kappa shape index (κ1) is 19.7. The van der Waals surface area contributed by atoms with Gasteiger partial charge in [-0.25, -0.2) is 4.79 Å². The van der Waals surface area contributed by atoms with Gasteiger partial charge in [0.1, 0.15) is 6.04 Å². The minimum Gasteiger partial charge on any atom is -0.480 e. The van der Waals surface area contributed by atoms with Crippen molar-refractivity contribution in [2.75, 3.05) is 13.6 Å². The molecule has 1 unspecified atom stereocenters. The predicted octanol–water partition coefficient (Wildman–Crippen LogP) is 3.02. The van der Waals surface area contributed by atoms with Gasteiger partial charge in [0.05, 0.1) is 0 Å². The van der Waals surface area contributed by atoms with Gasteiger partial charge < -0.3 is 15.7 Å². The molecule has 1 atom stereocenters. The monoisotopic (exact) mass is 354 g/mol. The number of rotatable bonds is 8. The average molecular weight is 354 g/mol. The zero-order valence-corrected chi connectivity index (χ0v) is 15.5. The molecule has 26 heavy (non-hydrogen) atoms. The van der Waals surface area contributed by atoms with Crippen molar-refractivity contribution < 1.29 is 14.7 Å². The maximum atomic E-state index is 12.8. The fourth-order valence-electron chi connectivity index (χ4n) is 2.89. The van der Waals surface area contributed by atoms with Crippen LogP contribution in [0.1, 0.15) is 34.8 Å². The molecule has 1 amide bonds. The number of amides is 1. The van der Waals surface area contributed by atoms with Gasteiger partial charge in [-0.3, -0.25) is 4.79 Å². The summed E-state index contributed by atoms with van der Waals surface area (Å²) in [6.45, 7) is 4.58. The van der Waals surface area contributed by atoms with Crippen molar-refractivity contribution in [2.24, 2.45) is 0 Å². The van der Waals surface area contributed by atoms with Crippen molar-refractivity contribution in [3.63, 3.8) is 0 Å². The summed E-state index contributed by atoms with van der Waals surface area (Å²) in [6.07, 6.45) is 1.19. The summed E-state index contributed by atoms with van der Waals surface area (Å²) in [7, 11) is 1.75. The maximum absolute atomic E-state index is 12.8. The van der Waals surface area contributed by atoms with Crippen LogP contribution in [-0.4, -0.2) is 36.6 Å². The molecule has 2 rings (SSSR count). The number of carbonyl (C=O) groups is 2. The fraction of sp³-hybridized carbons (Fsp3) is 0.333. The zero-order valence-electron chi connectivity index (χ0n) is 15.5. The molecule has 0 bridgehead atoms. The van der Waals surface area contributed by atoms with E-state index in [0.717, 1.165) is 28.7 Å². The number of aliphatic carboxylic acids is 1. The number of carboxylic acids is 1. The molecule has 2 aromatic carbocycles. The van der Waals surface area contributed by atoms with E-state index in [1.807, 2.05) is 43.3 Å². The van der Waals surface area contributed by atoms with Gasteiger partial charge in [-0.1, -0.05) is 43.3 Å². The number of hydrogen-bond donors (Lipinski definition) is 3. The third-order valence-electron chi connectivity index (χ3n) is 4.46. The zero-order chi connectivity index (χ0) is 19.1. The van der Waals surface area contributed by atoms with Crippen LogP contribution in [0.15, 0.2) is 42.5 Å². The molecule has 0 spiro atoms. The standard InChI is InChI=1S/C21H26N2O3/c1-4-15-9-10-17(18(13-15)16-8-6-5-7-14(16)2)20(24)23-19(21(25)26)11-12-22-3/h5-10,13,19,22H,4,11-12H2,1-3H3,(H,23,24)(H,25,26). The summed E-state index contributed by atoms with van der Waals surface area (Å²) in [5, 5.41) is 14.9. The van der Waals surface area contributed by atoms with Gasteiger partial charge in [0, 0.05) is 5.56 Å². The van der Waals surface area contributed by atoms with Crippen molar-refractivity contribution in [1.29, 1.82) is 0 Å². The van der Waals surface area contributed by atoms with Crippen molar-refractivity contribution in [3.05, 3.63) is 59.2 Å². The molecule has 5 heteroatoms. The number of aryl methyl sites for hydroxylation is 2. The molecule has 0 radical (unpaired) electrons. The molecule has 2 aromatic rings. The highest BCUT2D eigenvalue weighted by Gasteiger charge is 2.22. The van der Waals surface area contributed by atoms with Crippen LogP contribution in [0.25, 0.3) is 11.1 Å². The third-order valence-corrected chi connectivity index (χ3v) is 4.46. The highest BCUT2D eigenvalue weighted by molar-refractivity contribution is 6.02. The summed E-state index contributed by atoms with van der Waals surface area (Å²) < 4.78 is 0. The minimum absolute atomic E-state index is 0.324. The third kappa shape index (κ3) is 4.70. The SMILES string of the molecule is CCc1ccc(C(=O)NC(CCNC)C(=O)O)c(-c2ccccc2C)c1. The highest BCUT2D eigenvalue weighted by atomic mass is 16.4. The number of hydrogen-bond acceptors (Lipinski definition) is 3. The fourth-order valence-corrected chi connectivity index (χ4v) is 2.89. The van der Waals surface area contributed by atoms with E-state index in [0.29, 0.717) is 18.5 Å². The van der Waals surface area contributed by atoms with Crippen LogP contribution in [0.4, 0.5) is 0 Å². The maximum Gasteiger partial charge on any atom is 0.326 e. The van der Waals surface area contributed by atoms with Crippen LogP contribution >= 0.6 is 0 Å². The first-order valence-electron chi connectivity index (χ1n) is 8.85. The van der Waals surface area contributed by atoms with Crippen LogP contribution in [-0.2, 0) is 11.2 Å². The van der Waals surface area contributed by atoms with Gasteiger partial charge in [-0.05, 0) is 61.7 Å². The van der Waals surface area contributed by atoms with Gasteiger partial charge in [-0.15, -0.1) is 0 Å². The Morgan fingerprint density at radius 3 is 2.46 bits per heavy atom. The molecule has 0 aliphatic heterocycles. The molecule has 3 N–H and O–H groups in total. The Bertz CT molecular complexity index is 787. The molecule has 138 valence electrons. The molecule has 0 fully saturated rings. The lowest BCUT2D eigenvalue weighted by Crippen LogP contribution is -2.42. The largest absolute Gasteiger partial charge is 0.480 e. The second-order valence-corrected chi connectivity index (χ2v) is 6.30. The Morgan fingerprint density at radius 2 is 1.85 bits per heavy atom. The quantitative estimate of drug-likeness (QED) is 0.681. The van der Waals surface area contributed by atoms with E-state index in [2.05, 4.69) is 17.6 Å². The summed E-state index contributed by atoms with van der Waals surface area (Å²) in [6, 6.07) is 12.7. The van der Waals surface area contributed by atoms with Crippen molar-refractivity contribution in [3.8, 4) is 11.1 Å². The second kappa shape index (κ2) is 9.15. The predicted molar refractivity (Wildman–Crippen MR) is 103 cm³/mol. The summed E-state index contributed by atoms with van der Waals surface area (Å²) >= 11 is 0. The number of carbonyl (C=O) groups excluding carboxylic acids is 1. The molecular formula is C21H26N2O3. The first-order valence-corrected chi connectivity index (χ1v) is 8.85. The lowest BCUT2D eigenvalue weighted by molar-refractivity contribution is -0.139. The number of nitrogens with one attached hydrogen (secondary N) is 2. The minimum atomic E-state index is -1.03. The number of benzene rings is 2. The van der Waals surface area contributed by atoms with E-state index in [1.165, 1.54) is 0 Å². The Hall–Kier alpha value is -2.66. The molecule has 0 aliphatic rings. The lowest BCUT2D eigenvalue weighted by Gasteiger charge is -2.17. The molecule has 5 nitrogen and oxygen atoms in total. The van der Waals surface area contributed by atoms with Crippen molar-refractivity contribution in [1.82, 2.24) is 10.6 Å². The van der Waals surface area contributed by atoms with E-state index in [1.54, 1.807) is 13.1 Å². The normalized spacial score (nSPS) is 11.8. The van der Waals surface area contributed by atoms with Crippen LogP contribution in [0.2, 0.25) is 0 Å². The van der Waals surface area contributed by atoms with Crippen LogP contribution < -0.4 is 10.6 Å². The second-order valence-electron chi connectivity index (χ2n) is 6.30. The van der Waals surface area contributed by atoms with Gasteiger partial charge in [-0.2, -0.15) is 0 Å². The van der Waals surface area contributed by atoms with Gasteiger partial charge in [0.15, 0.2) is 0 Å². The molecule has 0 heterocycles. The molecule has 0 saturated carbocycles. The Balaban J connectivity index is 2.40. The first-order chi connectivity index (χ1) is 12.5. The smallest absolute Gasteiger partial charge is 0.326 e. The highest BCUT2D eigenvalue weighted by Crippen LogP contribution is 2.28. The van der Waals surface area contributed by atoms with Crippen LogP contribution in [0.3, 0.4) is 0 Å². The van der Waals surface area contributed by atoms with E-state index >= 15 is 0 Å². The van der Waals surface area contributed by atoms with E-state index in [9.17, 15) is 14.7 Å². The summed E-state index contributed by atoms with van der Waals surface area (Å²) in [4.78, 5) is 24.3. The lowest BCUT2D eigenvalue weighted by atomic mass is 9.93. The Labute approximate surface area is 154 Å². The summed E-state index contributed by atoms with van der Waals surface area (Å²) in [5.41, 5.74) is 4.50. The molecule has 0 aromatic heterocycles. The van der Waals surface area contributed by atoms with E-state index in [-0.39, 0.29) is 5.91 Å². The summed E-state index contributed by atoms with van der Waals surface area (Å²) in [5.74, 6) is -1.40. The topological polar surface area (TPSA) is 78.4 Å². The van der Waals surface area contributed by atoms with Gasteiger partial charge >= 0.3 is 5.97 Å². The van der Waals surface area contributed by atoms with Gasteiger partial charge in [0.25, 0.3) is 5.91 Å². The molecule has 0 saturated heterocycles. The van der Waals surface area contributed by atoms with E-state index in [4.69, 9.17) is 0 Å². The average Bonchev–Trinajstić information content (AvgIpc) is 2.64.